The molecule has 0 radical (unpaired) electrons. The number of fused-ring (bicyclic) bond motifs is 1. The Morgan fingerprint density at radius 3 is 2.48 bits per heavy atom. The molecule has 0 saturated heterocycles. The first kappa shape index (κ1) is 20.0. The lowest BCUT2D eigenvalue weighted by Crippen LogP contribution is -2.35. The van der Waals surface area contributed by atoms with Gasteiger partial charge in [0.2, 0.25) is 0 Å². The molecule has 2 aromatic rings. The predicted molar refractivity (Wildman–Crippen MR) is 105 cm³/mol. The van der Waals surface area contributed by atoms with Gasteiger partial charge in [0.05, 0.1) is 16.7 Å². The summed E-state index contributed by atoms with van der Waals surface area (Å²) in [6, 6.07) is 13.5. The van der Waals surface area contributed by atoms with E-state index >= 15 is 0 Å². The quantitative estimate of drug-likeness (QED) is 0.444. The first-order valence-electron chi connectivity index (χ1n) is 9.06. The van der Waals surface area contributed by atoms with Gasteiger partial charge in [0, 0.05) is 13.1 Å². The number of carbonyl (C=O) groups is 4. The van der Waals surface area contributed by atoms with E-state index in [1.165, 1.54) is 31.2 Å². The van der Waals surface area contributed by atoms with Crippen molar-refractivity contribution in [3.05, 3.63) is 83.4 Å². The average Bonchev–Trinajstić information content (AvgIpc) is 2.97. The Bertz CT molecular complexity index is 984. The summed E-state index contributed by atoms with van der Waals surface area (Å²) in [6.45, 7) is 5.40. The van der Waals surface area contributed by atoms with Gasteiger partial charge < -0.3 is 10.1 Å². The van der Waals surface area contributed by atoms with E-state index in [0.29, 0.717) is 6.54 Å². The van der Waals surface area contributed by atoms with Crippen LogP contribution in [0.5, 0.6) is 0 Å². The van der Waals surface area contributed by atoms with Crippen molar-refractivity contribution >= 4 is 23.7 Å². The van der Waals surface area contributed by atoms with Gasteiger partial charge in [-0.1, -0.05) is 36.4 Å². The molecule has 1 aliphatic rings. The molecule has 0 spiro atoms. The summed E-state index contributed by atoms with van der Waals surface area (Å²) < 4.78 is 5.21. The number of hydrogen-bond acceptors (Lipinski definition) is 5. The maximum absolute atomic E-state index is 12.4. The van der Waals surface area contributed by atoms with Gasteiger partial charge in [-0.2, -0.15) is 0 Å². The van der Waals surface area contributed by atoms with Gasteiger partial charge >= 0.3 is 5.97 Å². The topological polar surface area (TPSA) is 92.8 Å². The Morgan fingerprint density at radius 2 is 1.79 bits per heavy atom. The Balaban J connectivity index is 1.64. The highest BCUT2D eigenvalue weighted by Crippen LogP contribution is 2.24. The zero-order valence-corrected chi connectivity index (χ0v) is 15.9. The van der Waals surface area contributed by atoms with Gasteiger partial charge in [0.15, 0.2) is 6.10 Å². The summed E-state index contributed by atoms with van der Waals surface area (Å²) in [5, 5.41) is 2.70. The van der Waals surface area contributed by atoms with Gasteiger partial charge in [0.1, 0.15) is 0 Å². The van der Waals surface area contributed by atoms with Crippen molar-refractivity contribution in [1.82, 2.24) is 10.2 Å². The fourth-order valence-corrected chi connectivity index (χ4v) is 2.92. The van der Waals surface area contributed by atoms with E-state index in [1.54, 1.807) is 0 Å². The van der Waals surface area contributed by atoms with Gasteiger partial charge in [-0.15, -0.1) is 6.58 Å². The number of nitrogens with zero attached hydrogens (tertiary/aromatic N) is 1. The number of rotatable bonds is 7. The highest BCUT2D eigenvalue weighted by Gasteiger charge is 2.35. The maximum Gasteiger partial charge on any atom is 0.338 e. The predicted octanol–water partition coefficient (Wildman–Crippen LogP) is 2.33. The number of imide groups is 1. The molecule has 0 bridgehead atoms. The van der Waals surface area contributed by atoms with Crippen LogP contribution in [0.4, 0.5) is 0 Å². The second-order valence-electron chi connectivity index (χ2n) is 6.52. The molecule has 3 rings (SSSR count). The van der Waals surface area contributed by atoms with Crippen molar-refractivity contribution in [2.45, 2.75) is 19.6 Å². The van der Waals surface area contributed by atoms with Gasteiger partial charge in [0.25, 0.3) is 17.7 Å². The maximum atomic E-state index is 12.4. The van der Waals surface area contributed by atoms with Crippen molar-refractivity contribution in [2.75, 3.05) is 6.54 Å². The first-order chi connectivity index (χ1) is 13.9. The highest BCUT2D eigenvalue weighted by molar-refractivity contribution is 6.22. The second-order valence-corrected chi connectivity index (χ2v) is 6.52. The lowest BCUT2D eigenvalue weighted by atomic mass is 10.1. The molecular weight excluding hydrogens is 372 g/mol. The summed E-state index contributed by atoms with van der Waals surface area (Å²) >= 11 is 0. The van der Waals surface area contributed by atoms with E-state index in [2.05, 4.69) is 11.9 Å². The minimum atomic E-state index is -1.02. The van der Waals surface area contributed by atoms with Crippen LogP contribution in [-0.4, -0.2) is 41.2 Å². The first-order valence-corrected chi connectivity index (χ1v) is 9.06. The molecule has 2 aromatic carbocycles. The molecule has 0 aliphatic carbocycles. The van der Waals surface area contributed by atoms with Crippen LogP contribution in [0, 0.1) is 0 Å². The van der Waals surface area contributed by atoms with Crippen LogP contribution >= 0.6 is 0 Å². The fourth-order valence-electron chi connectivity index (χ4n) is 2.92. The number of nitrogens with one attached hydrogen (secondary N) is 1. The molecule has 29 heavy (non-hydrogen) atoms. The number of esters is 1. The molecule has 1 atom stereocenters. The molecule has 1 aliphatic heterocycles. The third kappa shape index (κ3) is 4.24. The van der Waals surface area contributed by atoms with Crippen LogP contribution in [0.3, 0.4) is 0 Å². The molecule has 3 amide bonds. The van der Waals surface area contributed by atoms with E-state index in [9.17, 15) is 19.2 Å². The van der Waals surface area contributed by atoms with Crippen molar-refractivity contribution in [3.63, 3.8) is 0 Å². The smallest absolute Gasteiger partial charge is 0.338 e. The van der Waals surface area contributed by atoms with Crippen molar-refractivity contribution in [2.24, 2.45) is 0 Å². The molecule has 7 heteroatoms. The normalized spacial score (nSPS) is 13.6. The minimum absolute atomic E-state index is 0.0880. The summed E-state index contributed by atoms with van der Waals surface area (Å²) in [7, 11) is 0. The number of hydrogen-bond donors (Lipinski definition) is 1. The number of amides is 3. The molecule has 1 N–H and O–H groups in total. The number of carbonyl (C=O) groups excluding carboxylic acids is 4. The van der Waals surface area contributed by atoms with Gasteiger partial charge in [-0.3, -0.25) is 19.3 Å². The summed E-state index contributed by atoms with van der Waals surface area (Å²) in [5.41, 5.74) is 1.37. The molecule has 148 valence electrons. The van der Waals surface area contributed by atoms with E-state index in [0.717, 1.165) is 10.5 Å². The van der Waals surface area contributed by atoms with Crippen molar-refractivity contribution < 1.29 is 23.9 Å². The van der Waals surface area contributed by atoms with E-state index in [1.807, 2.05) is 30.3 Å². The SMILES string of the molecule is C=CCN1C(=O)c2ccc(C(=O)O[C@H](C)C(=O)NCc3ccccc3)cc2C1=O. The molecule has 0 fully saturated rings. The Hall–Kier alpha value is -3.74. The lowest BCUT2D eigenvalue weighted by Gasteiger charge is -2.14. The van der Waals surface area contributed by atoms with Gasteiger partial charge in [-0.25, -0.2) is 4.79 Å². The molecule has 0 saturated carbocycles. The largest absolute Gasteiger partial charge is 0.449 e. The zero-order chi connectivity index (χ0) is 21.0. The van der Waals surface area contributed by atoms with Crippen molar-refractivity contribution in [1.29, 1.82) is 0 Å². The summed E-state index contributed by atoms with van der Waals surface area (Å²) in [4.78, 5) is 50.2. The summed E-state index contributed by atoms with van der Waals surface area (Å²) in [5.74, 6) is -2.11. The molecule has 7 nitrogen and oxygen atoms in total. The molecular formula is C22H20N2O5. The molecule has 0 unspecified atom stereocenters. The van der Waals surface area contributed by atoms with Crippen LogP contribution in [0.2, 0.25) is 0 Å². The highest BCUT2D eigenvalue weighted by atomic mass is 16.5. The third-order valence-electron chi connectivity index (χ3n) is 4.48. The minimum Gasteiger partial charge on any atom is -0.449 e. The van der Waals surface area contributed by atoms with Crippen LogP contribution in [-0.2, 0) is 16.1 Å². The number of ether oxygens (including phenoxy) is 1. The van der Waals surface area contributed by atoms with E-state index < -0.39 is 29.8 Å². The Kier molecular flexibility index (Phi) is 5.87. The lowest BCUT2D eigenvalue weighted by molar-refractivity contribution is -0.129. The average molecular weight is 392 g/mol. The Morgan fingerprint density at radius 1 is 1.10 bits per heavy atom. The fraction of sp³-hybridized carbons (Fsp3) is 0.182. The van der Waals surface area contributed by atoms with Crippen LogP contribution in [0.1, 0.15) is 43.6 Å². The van der Waals surface area contributed by atoms with Crippen LogP contribution in [0.15, 0.2) is 61.2 Å². The van der Waals surface area contributed by atoms with E-state index in [-0.39, 0.29) is 23.2 Å². The monoisotopic (exact) mass is 392 g/mol. The molecule has 1 heterocycles. The molecule has 0 aromatic heterocycles. The summed E-state index contributed by atoms with van der Waals surface area (Å²) in [6.07, 6.45) is 0.432. The Labute approximate surface area is 168 Å². The van der Waals surface area contributed by atoms with Gasteiger partial charge in [-0.05, 0) is 30.7 Å². The van der Waals surface area contributed by atoms with E-state index in [4.69, 9.17) is 4.74 Å². The zero-order valence-electron chi connectivity index (χ0n) is 15.9. The van der Waals surface area contributed by atoms with Crippen LogP contribution < -0.4 is 5.32 Å². The second kappa shape index (κ2) is 8.52. The standard InChI is InChI=1S/C22H20N2O5/c1-3-11-24-20(26)17-10-9-16(12-18(17)21(24)27)22(28)29-14(2)19(25)23-13-15-7-5-4-6-8-15/h3-10,12,14H,1,11,13H2,2H3,(H,23,25)/t14-/m1/s1. The van der Waals surface area contributed by atoms with Crippen molar-refractivity contribution in [3.8, 4) is 0 Å². The van der Waals surface area contributed by atoms with Crippen LogP contribution in [0.25, 0.3) is 0 Å². The number of benzene rings is 2. The third-order valence-corrected chi connectivity index (χ3v) is 4.48.